The predicted molar refractivity (Wildman–Crippen MR) is 115 cm³/mol. The predicted octanol–water partition coefficient (Wildman–Crippen LogP) is 1.85. The van der Waals surface area contributed by atoms with Crippen LogP contribution in [-0.2, 0) is 13.1 Å². The first-order valence-electron chi connectivity index (χ1n) is 9.58. The van der Waals surface area contributed by atoms with E-state index in [1.807, 2.05) is 17.0 Å². The number of rotatable bonds is 3. The van der Waals surface area contributed by atoms with Gasteiger partial charge in [0, 0.05) is 24.3 Å². The zero-order valence-corrected chi connectivity index (χ0v) is 16.6. The van der Waals surface area contributed by atoms with Crippen LogP contribution < -0.4 is 16.1 Å². The summed E-state index contributed by atoms with van der Waals surface area (Å²) in [5, 5.41) is 19.4. The summed E-state index contributed by atoms with van der Waals surface area (Å²) >= 11 is 0. The Labute approximate surface area is 180 Å². The van der Waals surface area contributed by atoms with Crippen LogP contribution in [0.2, 0.25) is 0 Å². The topological polar surface area (TPSA) is 151 Å². The molecule has 0 fully saturated rings. The highest BCUT2D eigenvalue weighted by atomic mass is 16.4. The summed E-state index contributed by atoms with van der Waals surface area (Å²) in [7, 11) is 0. The fourth-order valence-electron chi connectivity index (χ4n) is 3.88. The summed E-state index contributed by atoms with van der Waals surface area (Å²) in [6.45, 7) is 1.07. The molecule has 4 aromatic rings. The third-order valence-corrected chi connectivity index (χ3v) is 5.40. The molecule has 0 aliphatic carbocycles. The normalized spacial score (nSPS) is 12.5. The van der Waals surface area contributed by atoms with Crippen molar-refractivity contribution < 1.29 is 9.90 Å². The Morgan fingerprint density at radius 3 is 2.72 bits per heavy atom. The van der Waals surface area contributed by atoms with Crippen molar-refractivity contribution in [3.8, 4) is 11.9 Å². The third-order valence-electron chi connectivity index (χ3n) is 5.40. The number of hydrogen-bond acceptors (Lipinski definition) is 8. The zero-order chi connectivity index (χ0) is 22.4. The smallest absolute Gasteiger partial charge is 0.341 e. The van der Waals surface area contributed by atoms with Crippen LogP contribution in [0.1, 0.15) is 27.2 Å². The summed E-state index contributed by atoms with van der Waals surface area (Å²) in [4.78, 5) is 39.2. The number of fused-ring (bicyclic) bond motifs is 2. The van der Waals surface area contributed by atoms with Gasteiger partial charge in [-0.15, -0.1) is 0 Å². The first-order valence-corrected chi connectivity index (χ1v) is 9.58. The van der Waals surface area contributed by atoms with Gasteiger partial charge in [0.25, 0.3) is 0 Å². The Bertz CT molecular complexity index is 1480. The molecule has 10 nitrogen and oxygen atoms in total. The number of hydrogen-bond donors (Lipinski definition) is 2. The SMILES string of the molecule is N#Cc1cc2c(=O)c(C(=O)O)cn(-c3cnc(N)cn3)c2cc1N1Cc2cccnc2C1. The standard InChI is InChI=1S/C22H15N7O3/c23-6-13-4-14-18(5-17(13)28-9-12-2-1-3-25-16(12)11-28)29(10-15(21(14)30)22(31)32)20-8-26-19(24)7-27-20/h1-5,7-8,10H,9,11H2,(H2,24,26)(H,31,32). The number of nitrogen functional groups attached to an aromatic ring is 1. The summed E-state index contributed by atoms with van der Waals surface area (Å²) in [5.41, 5.74) is 7.76. The van der Waals surface area contributed by atoms with E-state index in [0.29, 0.717) is 24.3 Å². The van der Waals surface area contributed by atoms with Crippen molar-refractivity contribution in [1.82, 2.24) is 19.5 Å². The molecule has 10 heteroatoms. The molecule has 5 rings (SSSR count). The molecule has 4 heterocycles. The fraction of sp³-hybridized carbons (Fsp3) is 0.0909. The average molecular weight is 425 g/mol. The molecule has 156 valence electrons. The lowest BCUT2D eigenvalue weighted by Crippen LogP contribution is -2.21. The molecule has 0 saturated carbocycles. The number of pyridine rings is 2. The van der Waals surface area contributed by atoms with Crippen LogP contribution in [-0.4, -0.2) is 30.6 Å². The second-order valence-corrected chi connectivity index (χ2v) is 7.31. The van der Waals surface area contributed by atoms with Crippen LogP contribution in [0.3, 0.4) is 0 Å². The van der Waals surface area contributed by atoms with Gasteiger partial charge in [-0.05, 0) is 23.8 Å². The number of carboxylic acids is 1. The minimum absolute atomic E-state index is 0.0960. The van der Waals surface area contributed by atoms with E-state index in [1.165, 1.54) is 29.2 Å². The highest BCUT2D eigenvalue weighted by molar-refractivity contribution is 5.95. The molecule has 0 bridgehead atoms. The lowest BCUT2D eigenvalue weighted by Gasteiger charge is -2.21. The number of nitriles is 1. The van der Waals surface area contributed by atoms with Gasteiger partial charge in [-0.25, -0.2) is 14.8 Å². The Morgan fingerprint density at radius 2 is 2.03 bits per heavy atom. The molecular formula is C22H15N7O3. The van der Waals surface area contributed by atoms with Crippen LogP contribution in [0.25, 0.3) is 16.7 Å². The molecule has 0 radical (unpaired) electrons. The van der Waals surface area contributed by atoms with E-state index >= 15 is 0 Å². The van der Waals surface area contributed by atoms with Crippen molar-refractivity contribution in [3.63, 3.8) is 0 Å². The van der Waals surface area contributed by atoms with Crippen molar-refractivity contribution in [2.45, 2.75) is 13.1 Å². The zero-order valence-electron chi connectivity index (χ0n) is 16.6. The van der Waals surface area contributed by atoms with Crippen molar-refractivity contribution >= 4 is 28.4 Å². The van der Waals surface area contributed by atoms with Gasteiger partial charge in [-0.1, -0.05) is 6.07 Å². The largest absolute Gasteiger partial charge is 0.477 e. The van der Waals surface area contributed by atoms with Crippen molar-refractivity contribution in [2.24, 2.45) is 0 Å². The maximum atomic E-state index is 12.9. The third kappa shape index (κ3) is 3.00. The van der Waals surface area contributed by atoms with Gasteiger partial charge >= 0.3 is 5.97 Å². The van der Waals surface area contributed by atoms with E-state index in [-0.39, 0.29) is 22.6 Å². The van der Waals surface area contributed by atoms with E-state index in [1.54, 1.807) is 12.3 Å². The second-order valence-electron chi connectivity index (χ2n) is 7.31. The van der Waals surface area contributed by atoms with Gasteiger partial charge in [0.15, 0.2) is 5.82 Å². The maximum Gasteiger partial charge on any atom is 0.341 e. The molecule has 1 aromatic carbocycles. The van der Waals surface area contributed by atoms with Crippen LogP contribution in [0.5, 0.6) is 0 Å². The van der Waals surface area contributed by atoms with Gasteiger partial charge in [0.2, 0.25) is 5.43 Å². The Hall–Kier alpha value is -4.78. The number of aromatic nitrogens is 4. The van der Waals surface area contributed by atoms with E-state index in [4.69, 9.17) is 5.73 Å². The van der Waals surface area contributed by atoms with Crippen LogP contribution in [0.15, 0.2) is 53.8 Å². The van der Waals surface area contributed by atoms with E-state index in [9.17, 15) is 20.0 Å². The Morgan fingerprint density at radius 1 is 1.19 bits per heavy atom. The molecular weight excluding hydrogens is 410 g/mol. The van der Waals surface area contributed by atoms with Crippen molar-refractivity contribution in [3.05, 3.63) is 81.7 Å². The van der Waals surface area contributed by atoms with Gasteiger partial charge in [-0.3, -0.25) is 14.3 Å². The number of anilines is 2. The minimum Gasteiger partial charge on any atom is -0.477 e. The number of aromatic carboxylic acids is 1. The van der Waals surface area contributed by atoms with Gasteiger partial charge in [-0.2, -0.15) is 5.26 Å². The molecule has 0 saturated heterocycles. The molecule has 0 spiro atoms. The summed E-state index contributed by atoms with van der Waals surface area (Å²) in [6.07, 6.45) is 5.66. The monoisotopic (exact) mass is 425 g/mol. The number of carbonyl (C=O) groups is 1. The van der Waals surface area contributed by atoms with Gasteiger partial charge in [0.05, 0.1) is 41.4 Å². The van der Waals surface area contributed by atoms with E-state index in [2.05, 4.69) is 21.0 Å². The summed E-state index contributed by atoms with van der Waals surface area (Å²) in [5.74, 6) is -0.890. The second kappa shape index (κ2) is 7.17. The van der Waals surface area contributed by atoms with Gasteiger partial charge in [0.1, 0.15) is 17.5 Å². The van der Waals surface area contributed by atoms with Crippen LogP contribution in [0.4, 0.5) is 11.5 Å². The minimum atomic E-state index is -1.38. The molecule has 0 amide bonds. The average Bonchev–Trinajstić information content (AvgIpc) is 3.23. The lowest BCUT2D eigenvalue weighted by atomic mass is 10.1. The Balaban J connectivity index is 1.78. The fourth-order valence-corrected chi connectivity index (χ4v) is 3.88. The molecule has 32 heavy (non-hydrogen) atoms. The Kier molecular flexibility index (Phi) is 4.30. The van der Waals surface area contributed by atoms with E-state index < -0.39 is 17.0 Å². The summed E-state index contributed by atoms with van der Waals surface area (Å²) in [6, 6.07) is 9.10. The number of nitrogens with zero attached hydrogens (tertiary/aromatic N) is 6. The van der Waals surface area contributed by atoms with E-state index in [0.717, 1.165) is 11.3 Å². The number of nitrogens with two attached hydrogens (primary N) is 1. The highest BCUT2D eigenvalue weighted by Crippen LogP contribution is 2.32. The van der Waals surface area contributed by atoms with Crippen LogP contribution >= 0.6 is 0 Å². The highest BCUT2D eigenvalue weighted by Gasteiger charge is 2.24. The lowest BCUT2D eigenvalue weighted by molar-refractivity contribution is 0.0695. The maximum absolute atomic E-state index is 12.9. The number of carboxylic acid groups (broad SMARTS) is 1. The molecule has 3 aromatic heterocycles. The van der Waals surface area contributed by atoms with Crippen molar-refractivity contribution in [2.75, 3.05) is 10.6 Å². The first-order chi connectivity index (χ1) is 15.5. The van der Waals surface area contributed by atoms with Crippen molar-refractivity contribution in [1.29, 1.82) is 5.26 Å². The van der Waals surface area contributed by atoms with Crippen LogP contribution in [0, 0.1) is 11.3 Å². The molecule has 1 aliphatic rings. The molecule has 3 N–H and O–H groups in total. The quantitative estimate of drug-likeness (QED) is 0.501. The molecule has 0 unspecified atom stereocenters. The summed E-state index contributed by atoms with van der Waals surface area (Å²) < 4.78 is 1.47. The number of benzene rings is 1. The first kappa shape index (κ1) is 19.2. The molecule has 1 aliphatic heterocycles. The van der Waals surface area contributed by atoms with Gasteiger partial charge < -0.3 is 15.7 Å². The molecule has 0 atom stereocenters.